The van der Waals surface area contributed by atoms with Gasteiger partial charge in [-0.05, 0) is 13.8 Å². The van der Waals surface area contributed by atoms with Crippen molar-refractivity contribution < 1.29 is 18.8 Å². The van der Waals surface area contributed by atoms with E-state index in [0.717, 1.165) is 0 Å². The van der Waals surface area contributed by atoms with Gasteiger partial charge in [0.25, 0.3) is 5.91 Å². The Hall–Kier alpha value is -2.36. The summed E-state index contributed by atoms with van der Waals surface area (Å²) in [5, 5.41) is 12.0. The van der Waals surface area contributed by atoms with Gasteiger partial charge in [-0.25, -0.2) is 4.79 Å². The highest BCUT2D eigenvalue weighted by molar-refractivity contribution is 5.93. The van der Waals surface area contributed by atoms with E-state index in [1.807, 2.05) is 6.07 Å². The number of likely N-dealkylation sites (N-methyl/N-ethyl adjacent to an activating group) is 1. The van der Waals surface area contributed by atoms with Gasteiger partial charge in [0, 0.05) is 13.6 Å². The van der Waals surface area contributed by atoms with Crippen LogP contribution in [0.25, 0.3) is 0 Å². The summed E-state index contributed by atoms with van der Waals surface area (Å²) in [5.41, 5.74) is 0.667. The largest absolute Gasteiger partial charge is 0.452 e. The molecule has 0 aliphatic rings. The topological polar surface area (TPSA) is 96.4 Å². The fraction of sp³-hybridized carbons (Fsp3) is 0.500. The molecule has 1 rings (SSSR count). The third kappa shape index (κ3) is 3.81. The lowest BCUT2D eigenvalue weighted by Gasteiger charge is -2.15. The molecular formula is C12H15N3O4. The Bertz CT molecular complexity index is 496. The Morgan fingerprint density at radius 2 is 2.16 bits per heavy atom. The van der Waals surface area contributed by atoms with Crippen molar-refractivity contribution in [2.45, 2.75) is 20.3 Å². The van der Waals surface area contributed by atoms with Crippen molar-refractivity contribution in [2.24, 2.45) is 0 Å². The first-order valence-electron chi connectivity index (χ1n) is 5.68. The summed E-state index contributed by atoms with van der Waals surface area (Å²) in [6.07, 6.45) is 0.236. The molecule has 1 aromatic heterocycles. The van der Waals surface area contributed by atoms with Crippen LogP contribution in [-0.4, -0.2) is 42.1 Å². The van der Waals surface area contributed by atoms with Crippen LogP contribution in [0.2, 0.25) is 0 Å². The Kier molecular flexibility index (Phi) is 5.06. The number of ether oxygens (including phenoxy) is 1. The lowest BCUT2D eigenvalue weighted by molar-refractivity contribution is -0.133. The summed E-state index contributed by atoms with van der Waals surface area (Å²) in [4.78, 5) is 24.7. The van der Waals surface area contributed by atoms with Gasteiger partial charge in [0.2, 0.25) is 0 Å². The van der Waals surface area contributed by atoms with E-state index in [0.29, 0.717) is 18.0 Å². The van der Waals surface area contributed by atoms with Crippen LogP contribution < -0.4 is 0 Å². The van der Waals surface area contributed by atoms with Crippen LogP contribution in [0.5, 0.6) is 0 Å². The van der Waals surface area contributed by atoms with Crippen molar-refractivity contribution in [3.05, 3.63) is 17.0 Å². The molecule has 0 aromatic carbocycles. The Balaban J connectivity index is 2.51. The fourth-order valence-electron chi connectivity index (χ4n) is 1.43. The molecule has 0 N–H and O–H groups in total. The number of hydrogen-bond acceptors (Lipinski definition) is 6. The highest BCUT2D eigenvalue weighted by Crippen LogP contribution is 2.13. The lowest BCUT2D eigenvalue weighted by atomic mass is 10.2. The van der Waals surface area contributed by atoms with Crippen molar-refractivity contribution in [2.75, 3.05) is 20.2 Å². The van der Waals surface area contributed by atoms with Crippen molar-refractivity contribution in [1.82, 2.24) is 10.1 Å². The van der Waals surface area contributed by atoms with Crippen molar-refractivity contribution >= 4 is 11.9 Å². The van der Waals surface area contributed by atoms with Crippen LogP contribution in [0, 0.1) is 25.2 Å². The average Bonchev–Trinajstić information content (AvgIpc) is 2.72. The Morgan fingerprint density at radius 3 is 2.68 bits per heavy atom. The van der Waals surface area contributed by atoms with E-state index in [9.17, 15) is 9.59 Å². The summed E-state index contributed by atoms with van der Waals surface area (Å²) in [6, 6.07) is 1.93. The second-order valence-corrected chi connectivity index (χ2v) is 4.00. The first-order valence-corrected chi connectivity index (χ1v) is 5.68. The van der Waals surface area contributed by atoms with Gasteiger partial charge in [-0.2, -0.15) is 5.26 Å². The molecule has 7 nitrogen and oxygen atoms in total. The quantitative estimate of drug-likeness (QED) is 0.731. The summed E-state index contributed by atoms with van der Waals surface area (Å²) in [5.74, 6) is -0.651. The molecule has 1 amide bonds. The number of aryl methyl sites for hydroxylation is 2. The smallest absolute Gasteiger partial charge is 0.344 e. The SMILES string of the molecule is Cc1noc(C)c1C(=O)OCC(=O)N(C)CCC#N. The number of carbonyl (C=O) groups is 2. The molecule has 0 bridgehead atoms. The van der Waals surface area contributed by atoms with E-state index in [2.05, 4.69) is 5.16 Å². The molecule has 0 aliphatic carbocycles. The summed E-state index contributed by atoms with van der Waals surface area (Å²) in [6.45, 7) is 3.15. The molecular weight excluding hydrogens is 250 g/mol. The maximum absolute atomic E-state index is 11.7. The number of esters is 1. The van der Waals surface area contributed by atoms with E-state index in [-0.39, 0.29) is 24.5 Å². The molecule has 0 radical (unpaired) electrons. The number of nitrogens with zero attached hydrogens (tertiary/aromatic N) is 3. The maximum Gasteiger partial charge on any atom is 0.344 e. The van der Waals surface area contributed by atoms with Crippen molar-refractivity contribution in [3.8, 4) is 6.07 Å². The zero-order valence-electron chi connectivity index (χ0n) is 11.1. The van der Waals surface area contributed by atoms with Gasteiger partial charge < -0.3 is 14.2 Å². The predicted octanol–water partition coefficient (Wildman–Crippen LogP) is 0.820. The molecule has 0 saturated heterocycles. The molecule has 0 unspecified atom stereocenters. The monoisotopic (exact) mass is 265 g/mol. The maximum atomic E-state index is 11.7. The van der Waals surface area contributed by atoms with E-state index in [4.69, 9.17) is 14.5 Å². The molecule has 1 aromatic rings. The number of carbonyl (C=O) groups excluding carboxylic acids is 2. The Labute approximate surface area is 110 Å². The van der Waals surface area contributed by atoms with Crippen LogP contribution in [0.3, 0.4) is 0 Å². The second-order valence-electron chi connectivity index (χ2n) is 4.00. The van der Waals surface area contributed by atoms with E-state index < -0.39 is 5.97 Å². The van der Waals surface area contributed by atoms with E-state index >= 15 is 0 Å². The van der Waals surface area contributed by atoms with Gasteiger partial charge in [-0.1, -0.05) is 5.16 Å². The van der Waals surface area contributed by atoms with Crippen LogP contribution in [0.1, 0.15) is 28.2 Å². The molecule has 0 aliphatic heterocycles. The highest BCUT2D eigenvalue weighted by Gasteiger charge is 2.20. The molecule has 0 atom stereocenters. The molecule has 0 fully saturated rings. The van der Waals surface area contributed by atoms with Crippen LogP contribution in [0.15, 0.2) is 4.52 Å². The first kappa shape index (κ1) is 14.7. The predicted molar refractivity (Wildman–Crippen MR) is 64.1 cm³/mol. The zero-order chi connectivity index (χ0) is 14.4. The zero-order valence-corrected chi connectivity index (χ0v) is 11.1. The minimum atomic E-state index is -0.640. The normalized spacial score (nSPS) is 9.79. The molecule has 7 heteroatoms. The number of hydrogen-bond donors (Lipinski definition) is 0. The van der Waals surface area contributed by atoms with Crippen LogP contribution in [0.4, 0.5) is 0 Å². The molecule has 19 heavy (non-hydrogen) atoms. The number of amides is 1. The van der Waals surface area contributed by atoms with E-state index in [1.54, 1.807) is 20.9 Å². The van der Waals surface area contributed by atoms with Crippen molar-refractivity contribution in [1.29, 1.82) is 5.26 Å². The third-order valence-corrected chi connectivity index (χ3v) is 2.55. The van der Waals surface area contributed by atoms with Crippen molar-refractivity contribution in [3.63, 3.8) is 0 Å². The van der Waals surface area contributed by atoms with Gasteiger partial charge in [0.15, 0.2) is 6.61 Å². The highest BCUT2D eigenvalue weighted by atomic mass is 16.5. The average molecular weight is 265 g/mol. The van der Waals surface area contributed by atoms with Gasteiger partial charge in [0.1, 0.15) is 11.3 Å². The number of rotatable bonds is 5. The number of aromatic nitrogens is 1. The summed E-state index contributed by atoms with van der Waals surface area (Å²) < 4.78 is 9.74. The molecule has 102 valence electrons. The third-order valence-electron chi connectivity index (χ3n) is 2.55. The van der Waals surface area contributed by atoms with Crippen LogP contribution in [-0.2, 0) is 9.53 Å². The fourth-order valence-corrected chi connectivity index (χ4v) is 1.43. The minimum absolute atomic E-state index is 0.236. The van der Waals surface area contributed by atoms with Crippen LogP contribution >= 0.6 is 0 Å². The molecule has 0 spiro atoms. The summed E-state index contributed by atoms with van der Waals surface area (Å²) >= 11 is 0. The molecule has 1 heterocycles. The van der Waals surface area contributed by atoms with Gasteiger partial charge in [0.05, 0.1) is 18.2 Å². The Morgan fingerprint density at radius 1 is 1.47 bits per heavy atom. The van der Waals surface area contributed by atoms with Gasteiger partial charge in [-0.15, -0.1) is 0 Å². The standard InChI is InChI=1S/C12H15N3O4/c1-8-11(9(2)19-14-8)12(17)18-7-10(16)15(3)6-4-5-13/h4,6-7H2,1-3H3. The second kappa shape index (κ2) is 6.54. The first-order chi connectivity index (χ1) is 8.97. The molecule has 0 saturated carbocycles. The van der Waals surface area contributed by atoms with Gasteiger partial charge >= 0.3 is 5.97 Å². The van der Waals surface area contributed by atoms with E-state index in [1.165, 1.54) is 4.90 Å². The lowest BCUT2D eigenvalue weighted by Crippen LogP contribution is -2.32. The van der Waals surface area contributed by atoms with Gasteiger partial charge in [-0.3, -0.25) is 4.79 Å². The number of nitriles is 1. The summed E-state index contributed by atoms with van der Waals surface area (Å²) in [7, 11) is 1.55. The minimum Gasteiger partial charge on any atom is -0.452 e.